The van der Waals surface area contributed by atoms with E-state index in [1.165, 1.54) is 89.9 Å². The average molecular weight is 299 g/mol. The first-order valence-electron chi connectivity index (χ1n) is 9.85. The SMILES string of the molecule is CCCCCCCCCCCCCCCCOCC(C)C. The summed E-state index contributed by atoms with van der Waals surface area (Å²) in [6.45, 7) is 8.61. The Morgan fingerprint density at radius 1 is 0.571 bits per heavy atom. The van der Waals surface area contributed by atoms with Crippen LogP contribution in [0.5, 0.6) is 0 Å². The normalized spacial score (nSPS) is 11.4. The molecular formula is C20H42O. The topological polar surface area (TPSA) is 9.23 Å². The summed E-state index contributed by atoms with van der Waals surface area (Å²) in [4.78, 5) is 0. The summed E-state index contributed by atoms with van der Waals surface area (Å²) >= 11 is 0. The van der Waals surface area contributed by atoms with E-state index in [0.29, 0.717) is 5.92 Å². The van der Waals surface area contributed by atoms with Crippen LogP contribution in [0.15, 0.2) is 0 Å². The van der Waals surface area contributed by atoms with E-state index in [4.69, 9.17) is 4.74 Å². The summed E-state index contributed by atoms with van der Waals surface area (Å²) in [7, 11) is 0. The Morgan fingerprint density at radius 3 is 1.33 bits per heavy atom. The molecule has 0 heterocycles. The molecule has 0 unspecified atom stereocenters. The van der Waals surface area contributed by atoms with Crippen molar-refractivity contribution >= 4 is 0 Å². The fourth-order valence-electron chi connectivity index (χ4n) is 2.72. The number of hydrogen-bond donors (Lipinski definition) is 0. The Kier molecular flexibility index (Phi) is 18.0. The van der Waals surface area contributed by atoms with Gasteiger partial charge in [0.2, 0.25) is 0 Å². The largest absolute Gasteiger partial charge is 0.381 e. The van der Waals surface area contributed by atoms with E-state index < -0.39 is 0 Å². The van der Waals surface area contributed by atoms with Gasteiger partial charge in [0, 0.05) is 13.2 Å². The molecule has 0 aliphatic rings. The van der Waals surface area contributed by atoms with Crippen molar-refractivity contribution in [3.05, 3.63) is 0 Å². The zero-order valence-corrected chi connectivity index (χ0v) is 15.3. The molecule has 0 saturated carbocycles. The first-order valence-corrected chi connectivity index (χ1v) is 9.85. The first-order chi connectivity index (χ1) is 10.3. The number of rotatable bonds is 17. The molecule has 0 fully saturated rings. The molecule has 0 atom stereocenters. The van der Waals surface area contributed by atoms with E-state index in [1.807, 2.05) is 0 Å². The van der Waals surface area contributed by atoms with Crippen LogP contribution in [0.4, 0.5) is 0 Å². The third-order valence-electron chi connectivity index (χ3n) is 4.09. The van der Waals surface area contributed by atoms with Crippen molar-refractivity contribution in [3.8, 4) is 0 Å². The Morgan fingerprint density at radius 2 is 0.952 bits per heavy atom. The van der Waals surface area contributed by atoms with Crippen molar-refractivity contribution < 1.29 is 4.74 Å². The summed E-state index contributed by atoms with van der Waals surface area (Å²) in [5.41, 5.74) is 0. The van der Waals surface area contributed by atoms with Gasteiger partial charge >= 0.3 is 0 Å². The Balaban J connectivity index is 2.93. The van der Waals surface area contributed by atoms with Crippen LogP contribution in [-0.2, 0) is 4.74 Å². The van der Waals surface area contributed by atoms with Gasteiger partial charge in [-0.2, -0.15) is 0 Å². The van der Waals surface area contributed by atoms with Crippen LogP contribution in [0.3, 0.4) is 0 Å². The molecule has 0 aromatic heterocycles. The van der Waals surface area contributed by atoms with Gasteiger partial charge in [-0.05, 0) is 12.3 Å². The van der Waals surface area contributed by atoms with Crippen LogP contribution >= 0.6 is 0 Å². The minimum atomic E-state index is 0.677. The maximum absolute atomic E-state index is 5.60. The highest BCUT2D eigenvalue weighted by molar-refractivity contribution is 4.49. The van der Waals surface area contributed by atoms with Crippen molar-refractivity contribution in [1.82, 2.24) is 0 Å². The van der Waals surface area contributed by atoms with Gasteiger partial charge in [0.25, 0.3) is 0 Å². The summed E-state index contributed by atoms with van der Waals surface area (Å²) in [5, 5.41) is 0. The van der Waals surface area contributed by atoms with E-state index >= 15 is 0 Å². The highest BCUT2D eigenvalue weighted by Crippen LogP contribution is 2.12. The standard InChI is InChI=1S/C20H42O/c1-4-5-6-7-8-9-10-11-12-13-14-15-16-17-18-21-19-20(2)3/h20H,4-19H2,1-3H3. The molecule has 0 amide bonds. The molecule has 0 aromatic rings. The molecule has 0 radical (unpaired) electrons. The molecule has 128 valence electrons. The smallest absolute Gasteiger partial charge is 0.0488 e. The molecule has 0 rings (SSSR count). The highest BCUT2D eigenvalue weighted by Gasteiger charge is 1.95. The molecule has 0 saturated heterocycles. The second-order valence-electron chi connectivity index (χ2n) is 7.06. The minimum absolute atomic E-state index is 0.677. The van der Waals surface area contributed by atoms with Crippen molar-refractivity contribution in [2.45, 2.75) is 111 Å². The number of hydrogen-bond acceptors (Lipinski definition) is 1. The number of ether oxygens (including phenoxy) is 1. The second kappa shape index (κ2) is 18.0. The third-order valence-corrected chi connectivity index (χ3v) is 4.09. The van der Waals surface area contributed by atoms with Crippen LogP contribution in [0.25, 0.3) is 0 Å². The van der Waals surface area contributed by atoms with Gasteiger partial charge in [-0.1, -0.05) is 104 Å². The maximum Gasteiger partial charge on any atom is 0.0488 e. The Labute approximate surface area is 135 Å². The van der Waals surface area contributed by atoms with Crippen LogP contribution in [0.2, 0.25) is 0 Å². The number of unbranched alkanes of at least 4 members (excludes halogenated alkanes) is 13. The van der Waals surface area contributed by atoms with Gasteiger partial charge in [-0.25, -0.2) is 0 Å². The Hall–Kier alpha value is -0.0400. The summed E-state index contributed by atoms with van der Waals surface area (Å²) in [6, 6.07) is 0. The van der Waals surface area contributed by atoms with Gasteiger partial charge in [-0.15, -0.1) is 0 Å². The van der Waals surface area contributed by atoms with Gasteiger partial charge in [0.05, 0.1) is 0 Å². The van der Waals surface area contributed by atoms with E-state index in [-0.39, 0.29) is 0 Å². The van der Waals surface area contributed by atoms with Crippen LogP contribution in [0.1, 0.15) is 111 Å². The molecule has 0 bridgehead atoms. The second-order valence-corrected chi connectivity index (χ2v) is 7.06. The predicted molar refractivity (Wildman–Crippen MR) is 96.0 cm³/mol. The zero-order chi connectivity index (χ0) is 15.6. The molecule has 0 aliphatic carbocycles. The predicted octanol–water partition coefficient (Wildman–Crippen LogP) is 7.14. The van der Waals surface area contributed by atoms with Crippen molar-refractivity contribution in [2.24, 2.45) is 5.92 Å². The van der Waals surface area contributed by atoms with E-state index in [1.54, 1.807) is 0 Å². The van der Waals surface area contributed by atoms with Crippen molar-refractivity contribution in [3.63, 3.8) is 0 Å². The van der Waals surface area contributed by atoms with Crippen LogP contribution in [-0.4, -0.2) is 13.2 Å². The lowest BCUT2D eigenvalue weighted by atomic mass is 10.0. The van der Waals surface area contributed by atoms with E-state index in [0.717, 1.165) is 13.2 Å². The van der Waals surface area contributed by atoms with Gasteiger partial charge in [0.15, 0.2) is 0 Å². The molecule has 0 N–H and O–H groups in total. The highest BCUT2D eigenvalue weighted by atomic mass is 16.5. The monoisotopic (exact) mass is 298 g/mol. The van der Waals surface area contributed by atoms with Gasteiger partial charge < -0.3 is 4.74 Å². The van der Waals surface area contributed by atoms with Gasteiger partial charge in [0.1, 0.15) is 0 Å². The lowest BCUT2D eigenvalue weighted by Crippen LogP contribution is -2.02. The van der Waals surface area contributed by atoms with Crippen molar-refractivity contribution in [1.29, 1.82) is 0 Å². The molecule has 0 aliphatic heterocycles. The van der Waals surface area contributed by atoms with Crippen LogP contribution in [0, 0.1) is 5.92 Å². The summed E-state index contributed by atoms with van der Waals surface area (Å²) < 4.78 is 5.60. The zero-order valence-electron chi connectivity index (χ0n) is 15.3. The molecule has 1 heteroatoms. The quantitative estimate of drug-likeness (QED) is 0.259. The summed E-state index contributed by atoms with van der Waals surface area (Å²) in [6.07, 6.45) is 19.9. The molecule has 0 aromatic carbocycles. The lowest BCUT2D eigenvalue weighted by molar-refractivity contribution is 0.106. The molecule has 21 heavy (non-hydrogen) atoms. The average Bonchev–Trinajstić information content (AvgIpc) is 2.46. The first kappa shape index (κ1) is 21.0. The fourth-order valence-corrected chi connectivity index (χ4v) is 2.72. The summed E-state index contributed by atoms with van der Waals surface area (Å²) in [5.74, 6) is 0.677. The van der Waals surface area contributed by atoms with E-state index in [9.17, 15) is 0 Å². The minimum Gasteiger partial charge on any atom is -0.381 e. The molecule has 1 nitrogen and oxygen atoms in total. The fraction of sp³-hybridized carbons (Fsp3) is 1.00. The van der Waals surface area contributed by atoms with Crippen LogP contribution < -0.4 is 0 Å². The molecule has 0 spiro atoms. The lowest BCUT2D eigenvalue weighted by Gasteiger charge is -2.06. The maximum atomic E-state index is 5.60. The third kappa shape index (κ3) is 20.0. The van der Waals surface area contributed by atoms with Gasteiger partial charge in [-0.3, -0.25) is 0 Å². The molecular weight excluding hydrogens is 256 g/mol. The Bertz CT molecular complexity index is 177. The van der Waals surface area contributed by atoms with Crippen molar-refractivity contribution in [2.75, 3.05) is 13.2 Å². The van der Waals surface area contributed by atoms with E-state index in [2.05, 4.69) is 20.8 Å².